The number of carbonyl (C=O) groups is 1. The van der Waals surface area contributed by atoms with Crippen LogP contribution in [0.25, 0.3) is 10.9 Å². The van der Waals surface area contributed by atoms with Crippen LogP contribution in [0, 0.1) is 5.82 Å². The van der Waals surface area contributed by atoms with Crippen LogP contribution in [-0.2, 0) is 29.1 Å². The van der Waals surface area contributed by atoms with E-state index < -0.39 is 0 Å². The molecule has 4 rings (SSSR count). The second-order valence-electron chi connectivity index (χ2n) is 9.43. The highest BCUT2D eigenvalue weighted by Crippen LogP contribution is 2.19. The molecule has 1 amide bonds. The highest BCUT2D eigenvalue weighted by Gasteiger charge is 2.10. The normalized spacial score (nSPS) is 11.3. The summed E-state index contributed by atoms with van der Waals surface area (Å²) in [7, 11) is 0. The fourth-order valence-electron chi connectivity index (χ4n) is 4.40. The number of aromatic nitrogens is 1. The number of nitrogens with zero attached hydrogens (tertiary/aromatic N) is 1. The largest absolute Gasteiger partial charge is 0.494 e. The number of hydrogen-bond acceptors (Lipinski definition) is 5. The van der Waals surface area contributed by atoms with Gasteiger partial charge in [-0.15, -0.1) is 0 Å². The second kappa shape index (κ2) is 15.0. The van der Waals surface area contributed by atoms with Crippen LogP contribution in [0.1, 0.15) is 23.1 Å². The van der Waals surface area contributed by atoms with Gasteiger partial charge in [-0.05, 0) is 59.9 Å². The zero-order valence-electron chi connectivity index (χ0n) is 22.1. The second-order valence-corrected chi connectivity index (χ2v) is 9.43. The SMILES string of the molecule is O=C(COCc1ccc(F)cc1)NCCCOc1cccc(CN(CCO)CCc2c[nH]c3ccccc23)c1. The van der Waals surface area contributed by atoms with Gasteiger partial charge in [0.1, 0.15) is 18.2 Å². The van der Waals surface area contributed by atoms with Gasteiger partial charge in [0, 0.05) is 43.3 Å². The summed E-state index contributed by atoms with van der Waals surface area (Å²) in [6.45, 7) is 3.41. The fourth-order valence-corrected chi connectivity index (χ4v) is 4.40. The van der Waals surface area contributed by atoms with E-state index in [-0.39, 0.29) is 31.5 Å². The van der Waals surface area contributed by atoms with Gasteiger partial charge in [0.15, 0.2) is 0 Å². The summed E-state index contributed by atoms with van der Waals surface area (Å²) in [4.78, 5) is 17.5. The summed E-state index contributed by atoms with van der Waals surface area (Å²) in [6, 6.07) is 22.3. The van der Waals surface area contributed by atoms with E-state index in [1.807, 2.05) is 24.3 Å². The zero-order chi connectivity index (χ0) is 27.3. The van der Waals surface area contributed by atoms with Crippen LogP contribution >= 0.6 is 0 Å². The first-order valence-corrected chi connectivity index (χ1v) is 13.3. The number of aliphatic hydroxyl groups excluding tert-OH is 1. The third kappa shape index (κ3) is 9.21. The topological polar surface area (TPSA) is 86.8 Å². The number of ether oxygens (including phenoxy) is 2. The van der Waals surface area contributed by atoms with Crippen LogP contribution in [0.4, 0.5) is 4.39 Å². The number of rotatable bonds is 16. The lowest BCUT2D eigenvalue weighted by atomic mass is 10.1. The van der Waals surface area contributed by atoms with Crippen LogP contribution in [-0.4, -0.2) is 60.4 Å². The predicted molar refractivity (Wildman–Crippen MR) is 150 cm³/mol. The number of carbonyl (C=O) groups excluding carboxylic acids is 1. The van der Waals surface area contributed by atoms with Crippen molar-refractivity contribution in [3.8, 4) is 5.75 Å². The van der Waals surface area contributed by atoms with Crippen LogP contribution in [0.15, 0.2) is 79.0 Å². The standard InChI is InChI=1S/C31H36FN3O4/c32-27-11-9-24(10-12-27)22-38-23-31(37)33-14-4-18-39-28-6-3-5-25(19-28)21-35(16-17-36)15-13-26-20-34-30-8-2-1-7-29(26)30/h1-3,5-12,19-20,34,36H,4,13-18,21-23H2,(H,33,37). The molecule has 39 heavy (non-hydrogen) atoms. The Bertz CT molecular complexity index is 1310. The summed E-state index contributed by atoms with van der Waals surface area (Å²) in [5.41, 5.74) is 4.35. The molecule has 0 aliphatic carbocycles. The monoisotopic (exact) mass is 533 g/mol. The van der Waals surface area contributed by atoms with Gasteiger partial charge in [-0.2, -0.15) is 0 Å². The highest BCUT2D eigenvalue weighted by molar-refractivity contribution is 5.83. The van der Waals surface area contributed by atoms with Gasteiger partial charge in [-0.25, -0.2) is 4.39 Å². The van der Waals surface area contributed by atoms with Crippen molar-refractivity contribution < 1.29 is 23.8 Å². The summed E-state index contributed by atoms with van der Waals surface area (Å²) >= 11 is 0. The number of H-pyrrole nitrogens is 1. The minimum Gasteiger partial charge on any atom is -0.494 e. The summed E-state index contributed by atoms with van der Waals surface area (Å²) in [5, 5.41) is 13.6. The van der Waals surface area contributed by atoms with E-state index in [4.69, 9.17) is 9.47 Å². The molecule has 0 atom stereocenters. The lowest BCUT2D eigenvalue weighted by molar-refractivity contribution is -0.126. The van der Waals surface area contributed by atoms with E-state index in [9.17, 15) is 14.3 Å². The Morgan fingerprint density at radius 1 is 1.00 bits per heavy atom. The van der Waals surface area contributed by atoms with Gasteiger partial charge in [-0.1, -0.05) is 42.5 Å². The number of aromatic amines is 1. The Morgan fingerprint density at radius 2 is 1.85 bits per heavy atom. The van der Waals surface area contributed by atoms with Gasteiger partial charge < -0.3 is 24.9 Å². The van der Waals surface area contributed by atoms with Crippen molar-refractivity contribution >= 4 is 16.8 Å². The first-order chi connectivity index (χ1) is 19.1. The zero-order valence-corrected chi connectivity index (χ0v) is 22.1. The molecular weight excluding hydrogens is 497 g/mol. The molecule has 0 bridgehead atoms. The maximum atomic E-state index is 12.9. The molecule has 0 radical (unpaired) electrons. The first kappa shape index (κ1) is 28.3. The lowest BCUT2D eigenvalue weighted by Gasteiger charge is -2.21. The molecule has 8 heteroatoms. The molecule has 1 heterocycles. The smallest absolute Gasteiger partial charge is 0.246 e. The molecule has 0 unspecified atom stereocenters. The molecule has 1 aromatic heterocycles. The number of amides is 1. The van der Waals surface area contributed by atoms with Gasteiger partial charge in [0.05, 0.1) is 19.8 Å². The van der Waals surface area contributed by atoms with E-state index in [0.29, 0.717) is 32.7 Å². The Labute approximate surface area is 228 Å². The number of para-hydroxylation sites is 1. The maximum absolute atomic E-state index is 12.9. The predicted octanol–water partition coefficient (Wildman–Crippen LogP) is 4.45. The Kier molecular flexibility index (Phi) is 10.9. The van der Waals surface area contributed by atoms with Crippen LogP contribution in [0.2, 0.25) is 0 Å². The summed E-state index contributed by atoms with van der Waals surface area (Å²) < 4.78 is 24.2. The van der Waals surface area contributed by atoms with E-state index >= 15 is 0 Å². The molecule has 0 fully saturated rings. The minimum absolute atomic E-state index is 0.0507. The van der Waals surface area contributed by atoms with Gasteiger partial charge in [0.25, 0.3) is 0 Å². The molecule has 0 saturated heterocycles. The van der Waals surface area contributed by atoms with Crippen LogP contribution in [0.5, 0.6) is 5.75 Å². The minimum atomic E-state index is -0.300. The number of halogens is 1. The molecule has 4 aromatic rings. The number of aliphatic hydroxyl groups is 1. The van der Waals surface area contributed by atoms with Crippen molar-refractivity contribution in [1.29, 1.82) is 0 Å². The number of benzene rings is 3. The highest BCUT2D eigenvalue weighted by atomic mass is 19.1. The van der Waals surface area contributed by atoms with Crippen LogP contribution < -0.4 is 10.1 Å². The van der Waals surface area contributed by atoms with E-state index in [1.165, 1.54) is 23.1 Å². The Morgan fingerprint density at radius 3 is 2.69 bits per heavy atom. The molecule has 0 spiro atoms. The van der Waals surface area contributed by atoms with Crippen molar-refractivity contribution in [2.75, 3.05) is 39.5 Å². The van der Waals surface area contributed by atoms with Crippen molar-refractivity contribution in [3.63, 3.8) is 0 Å². The average Bonchev–Trinajstić information content (AvgIpc) is 3.36. The Hall–Kier alpha value is -3.72. The molecule has 0 saturated carbocycles. The van der Waals surface area contributed by atoms with E-state index in [2.05, 4.69) is 45.7 Å². The Balaban J connectivity index is 1.15. The van der Waals surface area contributed by atoms with Crippen molar-refractivity contribution in [1.82, 2.24) is 15.2 Å². The number of fused-ring (bicyclic) bond motifs is 1. The third-order valence-electron chi connectivity index (χ3n) is 6.42. The molecule has 206 valence electrons. The molecule has 0 aliphatic rings. The molecule has 0 aliphatic heterocycles. The fraction of sp³-hybridized carbons (Fsp3) is 0.323. The van der Waals surface area contributed by atoms with Crippen LogP contribution in [0.3, 0.4) is 0 Å². The maximum Gasteiger partial charge on any atom is 0.246 e. The molecular formula is C31H36FN3O4. The van der Waals surface area contributed by atoms with Gasteiger partial charge in [-0.3, -0.25) is 9.69 Å². The van der Waals surface area contributed by atoms with E-state index in [1.54, 1.807) is 12.1 Å². The van der Waals surface area contributed by atoms with Crippen molar-refractivity contribution in [2.45, 2.75) is 26.0 Å². The quantitative estimate of drug-likeness (QED) is 0.185. The molecule has 7 nitrogen and oxygen atoms in total. The first-order valence-electron chi connectivity index (χ1n) is 13.3. The summed E-state index contributed by atoms with van der Waals surface area (Å²) in [6.07, 6.45) is 3.62. The van der Waals surface area contributed by atoms with Crippen molar-refractivity contribution in [3.05, 3.63) is 102 Å². The number of nitrogens with one attached hydrogen (secondary N) is 2. The molecule has 3 N–H and O–H groups in total. The molecule has 3 aromatic carbocycles. The van der Waals surface area contributed by atoms with E-state index in [0.717, 1.165) is 35.4 Å². The third-order valence-corrected chi connectivity index (χ3v) is 6.42. The number of hydrogen-bond donors (Lipinski definition) is 3. The summed E-state index contributed by atoms with van der Waals surface area (Å²) in [5.74, 6) is 0.282. The van der Waals surface area contributed by atoms with Gasteiger partial charge >= 0.3 is 0 Å². The average molecular weight is 534 g/mol. The lowest BCUT2D eigenvalue weighted by Crippen LogP contribution is -2.29. The van der Waals surface area contributed by atoms with Gasteiger partial charge in [0.2, 0.25) is 5.91 Å². The van der Waals surface area contributed by atoms with Crippen molar-refractivity contribution in [2.24, 2.45) is 0 Å².